The van der Waals surface area contributed by atoms with Crippen LogP contribution in [0.3, 0.4) is 0 Å². The summed E-state index contributed by atoms with van der Waals surface area (Å²) in [5.41, 5.74) is 4.80. The number of esters is 1. The molecule has 3 aromatic rings. The zero-order valence-electron chi connectivity index (χ0n) is 22.5. The predicted octanol–water partition coefficient (Wildman–Crippen LogP) is 4.10. The van der Waals surface area contributed by atoms with E-state index in [0.29, 0.717) is 26.4 Å². The van der Waals surface area contributed by atoms with Crippen LogP contribution in [0.15, 0.2) is 63.5 Å². The van der Waals surface area contributed by atoms with E-state index in [4.69, 9.17) is 9.47 Å². The van der Waals surface area contributed by atoms with E-state index in [0.717, 1.165) is 29.8 Å². The van der Waals surface area contributed by atoms with Crippen LogP contribution in [-0.4, -0.2) is 36.8 Å². The summed E-state index contributed by atoms with van der Waals surface area (Å²) >= 11 is 1.34. The first kappa shape index (κ1) is 26.0. The van der Waals surface area contributed by atoms with Crippen molar-refractivity contribution in [3.8, 4) is 5.75 Å². The number of allylic oxidation sites excluding steroid dienone is 1. The van der Waals surface area contributed by atoms with Gasteiger partial charge in [0.25, 0.3) is 5.56 Å². The number of hydrogen-bond acceptors (Lipinski definition) is 7. The number of benzene rings is 2. The van der Waals surface area contributed by atoms with E-state index < -0.39 is 12.0 Å². The van der Waals surface area contributed by atoms with E-state index in [1.54, 1.807) is 32.4 Å². The van der Waals surface area contributed by atoms with Crippen molar-refractivity contribution in [2.45, 2.75) is 52.7 Å². The van der Waals surface area contributed by atoms with Gasteiger partial charge in [0.1, 0.15) is 5.75 Å². The summed E-state index contributed by atoms with van der Waals surface area (Å²) < 4.78 is 13.2. The Morgan fingerprint density at radius 2 is 1.89 bits per heavy atom. The fraction of sp³-hybridized carbons (Fsp3) is 0.367. The first-order valence-electron chi connectivity index (χ1n) is 13.0. The van der Waals surface area contributed by atoms with Crippen LogP contribution in [-0.2, 0) is 9.53 Å². The molecule has 0 N–H and O–H groups in total. The molecule has 8 heteroatoms. The molecule has 2 aliphatic rings. The minimum atomic E-state index is -0.673. The van der Waals surface area contributed by atoms with Gasteiger partial charge in [0, 0.05) is 18.8 Å². The number of thiazole rings is 1. The lowest BCUT2D eigenvalue weighted by Gasteiger charge is -2.25. The second-order valence-electron chi connectivity index (χ2n) is 10.0. The molecule has 0 radical (unpaired) electrons. The van der Waals surface area contributed by atoms with Crippen LogP contribution in [0.1, 0.15) is 56.3 Å². The van der Waals surface area contributed by atoms with Gasteiger partial charge in [-0.1, -0.05) is 29.5 Å². The van der Waals surface area contributed by atoms with Crippen LogP contribution in [0.25, 0.3) is 6.08 Å². The van der Waals surface area contributed by atoms with E-state index in [1.165, 1.54) is 29.9 Å². The average molecular weight is 532 g/mol. The van der Waals surface area contributed by atoms with E-state index in [1.807, 2.05) is 30.3 Å². The highest BCUT2D eigenvalue weighted by atomic mass is 32.1. The molecule has 1 atom stereocenters. The number of methoxy groups -OCH3 is 1. The predicted molar refractivity (Wildman–Crippen MR) is 151 cm³/mol. The molecule has 0 unspecified atom stereocenters. The molecular formula is C30H33N3O4S. The summed E-state index contributed by atoms with van der Waals surface area (Å²) in [6.45, 7) is 9.65. The highest BCUT2D eigenvalue weighted by Crippen LogP contribution is 2.32. The number of nitrogens with zero attached hydrogens (tertiary/aromatic N) is 3. The first-order chi connectivity index (χ1) is 18.3. The number of carbonyl (C=O) groups is 1. The van der Waals surface area contributed by atoms with Crippen molar-refractivity contribution in [2.24, 2.45) is 4.99 Å². The minimum absolute atomic E-state index is 0.188. The smallest absolute Gasteiger partial charge is 0.338 e. The molecule has 0 aliphatic carbocycles. The van der Waals surface area contributed by atoms with Gasteiger partial charge in [0.2, 0.25) is 0 Å². The highest BCUT2D eigenvalue weighted by Gasteiger charge is 2.34. The van der Waals surface area contributed by atoms with Gasteiger partial charge in [-0.2, -0.15) is 0 Å². The van der Waals surface area contributed by atoms with Gasteiger partial charge in [-0.3, -0.25) is 9.36 Å². The second kappa shape index (κ2) is 10.6. The molecule has 2 aliphatic heterocycles. The van der Waals surface area contributed by atoms with Crippen molar-refractivity contribution in [1.82, 2.24) is 4.57 Å². The van der Waals surface area contributed by atoms with Gasteiger partial charge in [-0.25, -0.2) is 9.79 Å². The number of fused-ring (bicyclic) bond motifs is 1. The van der Waals surface area contributed by atoms with Crippen molar-refractivity contribution in [2.75, 3.05) is 25.1 Å². The lowest BCUT2D eigenvalue weighted by Crippen LogP contribution is -2.40. The van der Waals surface area contributed by atoms with E-state index >= 15 is 0 Å². The number of anilines is 1. The van der Waals surface area contributed by atoms with Crippen molar-refractivity contribution in [3.63, 3.8) is 0 Å². The molecule has 0 bridgehead atoms. The normalized spacial score (nSPS) is 17.6. The third kappa shape index (κ3) is 4.92. The number of hydrogen-bond donors (Lipinski definition) is 0. The minimum Gasteiger partial charge on any atom is -0.497 e. The summed E-state index contributed by atoms with van der Waals surface area (Å²) in [5.74, 6) is 0.168. The van der Waals surface area contributed by atoms with E-state index in [-0.39, 0.29) is 11.7 Å². The van der Waals surface area contributed by atoms with Gasteiger partial charge in [0.05, 0.1) is 35.1 Å². The zero-order valence-corrected chi connectivity index (χ0v) is 23.3. The molecular weight excluding hydrogens is 498 g/mol. The van der Waals surface area contributed by atoms with Crippen molar-refractivity contribution in [1.29, 1.82) is 0 Å². The molecule has 2 aromatic carbocycles. The summed E-state index contributed by atoms with van der Waals surface area (Å²) in [7, 11) is 1.59. The molecule has 38 heavy (non-hydrogen) atoms. The quantitative estimate of drug-likeness (QED) is 0.448. The first-order valence-corrected chi connectivity index (χ1v) is 13.8. The number of carbonyl (C=O) groups excluding carboxylic acids is 1. The van der Waals surface area contributed by atoms with Crippen LogP contribution in [0.2, 0.25) is 0 Å². The molecule has 0 amide bonds. The summed E-state index contributed by atoms with van der Waals surface area (Å²) in [5, 5.41) is 0. The van der Waals surface area contributed by atoms with Gasteiger partial charge in [-0.15, -0.1) is 0 Å². The third-order valence-electron chi connectivity index (χ3n) is 7.01. The number of rotatable bonds is 6. The van der Waals surface area contributed by atoms with Crippen LogP contribution >= 0.6 is 11.3 Å². The Morgan fingerprint density at radius 3 is 2.58 bits per heavy atom. The Labute approximate surface area is 226 Å². The van der Waals surface area contributed by atoms with Gasteiger partial charge >= 0.3 is 5.97 Å². The molecule has 1 aromatic heterocycles. The van der Waals surface area contributed by atoms with Gasteiger partial charge in [-0.05, 0) is 87.6 Å². The molecule has 7 nitrogen and oxygen atoms in total. The lowest BCUT2D eigenvalue weighted by molar-refractivity contribution is -0.143. The highest BCUT2D eigenvalue weighted by molar-refractivity contribution is 7.07. The summed E-state index contributed by atoms with van der Waals surface area (Å²) in [6, 6.07) is 13.2. The maximum atomic E-state index is 13.9. The summed E-state index contributed by atoms with van der Waals surface area (Å²) in [6.07, 6.45) is 4.08. The SMILES string of the molecule is COc1cccc([C@H]2C(C(=O)OC(C)C)=C(C)N=c3s/c(=C\c4ccc(N5CCCC5)cc4C)c(=O)n32)c1. The van der Waals surface area contributed by atoms with Crippen LogP contribution in [0.5, 0.6) is 5.75 Å². The zero-order chi connectivity index (χ0) is 27.0. The van der Waals surface area contributed by atoms with E-state index in [9.17, 15) is 9.59 Å². The topological polar surface area (TPSA) is 73.1 Å². The average Bonchev–Trinajstić information content (AvgIpc) is 3.52. The van der Waals surface area contributed by atoms with Gasteiger partial charge in [0.15, 0.2) is 4.80 Å². The number of aromatic nitrogens is 1. The molecule has 0 saturated carbocycles. The van der Waals surface area contributed by atoms with Gasteiger partial charge < -0.3 is 14.4 Å². The standard InChI is InChI=1S/C30H33N3O4S/c1-18(2)37-29(35)26-20(4)31-30-33(27(26)22-9-8-10-24(16-22)36-5)28(34)25(38-30)17-21-11-12-23(15-19(21)3)32-13-6-7-14-32/h8-12,15-18,27H,6-7,13-14H2,1-5H3/b25-17-/t27-/m0/s1. The van der Waals surface area contributed by atoms with E-state index in [2.05, 4.69) is 35.0 Å². The monoisotopic (exact) mass is 531 g/mol. The maximum absolute atomic E-state index is 13.9. The molecule has 1 fully saturated rings. The van der Waals surface area contributed by atoms with Crippen LogP contribution in [0.4, 0.5) is 5.69 Å². The Kier molecular flexibility index (Phi) is 7.25. The number of ether oxygens (including phenoxy) is 2. The second-order valence-corrected chi connectivity index (χ2v) is 11.1. The molecule has 5 rings (SSSR count). The lowest BCUT2D eigenvalue weighted by atomic mass is 9.95. The molecule has 1 saturated heterocycles. The third-order valence-corrected chi connectivity index (χ3v) is 7.99. The van der Waals surface area contributed by atoms with Crippen LogP contribution < -0.4 is 24.5 Å². The fourth-order valence-corrected chi connectivity index (χ4v) is 6.16. The fourth-order valence-electron chi connectivity index (χ4n) is 5.12. The number of aryl methyl sites for hydroxylation is 1. The Hall–Kier alpha value is -3.65. The Morgan fingerprint density at radius 1 is 1.13 bits per heavy atom. The van der Waals surface area contributed by atoms with Crippen molar-refractivity contribution < 1.29 is 14.3 Å². The Bertz CT molecular complexity index is 1590. The Balaban J connectivity index is 1.64. The largest absolute Gasteiger partial charge is 0.497 e. The van der Waals surface area contributed by atoms with Crippen molar-refractivity contribution in [3.05, 3.63) is 90.1 Å². The van der Waals surface area contributed by atoms with Crippen LogP contribution in [0, 0.1) is 6.92 Å². The summed E-state index contributed by atoms with van der Waals surface area (Å²) in [4.78, 5) is 34.8. The molecule has 3 heterocycles. The van der Waals surface area contributed by atoms with Crippen molar-refractivity contribution >= 4 is 29.1 Å². The molecule has 0 spiro atoms. The molecule has 198 valence electrons. The maximum Gasteiger partial charge on any atom is 0.338 e.